The van der Waals surface area contributed by atoms with Crippen molar-refractivity contribution in [1.29, 1.82) is 5.41 Å². The van der Waals surface area contributed by atoms with Gasteiger partial charge in [0, 0.05) is 25.5 Å². The molecule has 90 valence electrons. The summed E-state index contributed by atoms with van der Waals surface area (Å²) in [6.45, 7) is 2.09. The molecule has 1 saturated carbocycles. The Balaban J connectivity index is 1.88. The first kappa shape index (κ1) is 10.5. The van der Waals surface area contributed by atoms with Gasteiger partial charge in [0.1, 0.15) is 11.5 Å². The Kier molecular flexibility index (Phi) is 2.46. The van der Waals surface area contributed by atoms with Crippen LogP contribution in [-0.4, -0.2) is 28.9 Å². The molecule has 2 unspecified atom stereocenters. The number of rotatable bonds is 2. The number of amidine groups is 1. The molecule has 0 bridgehead atoms. The molecule has 0 radical (unpaired) electrons. The number of nitrogens with one attached hydrogen (secondary N) is 1. The Morgan fingerprint density at radius 1 is 1.24 bits per heavy atom. The van der Waals surface area contributed by atoms with Crippen LogP contribution in [0.3, 0.4) is 0 Å². The lowest BCUT2D eigenvalue weighted by Crippen LogP contribution is -2.27. The van der Waals surface area contributed by atoms with E-state index in [1.165, 1.54) is 19.3 Å². The predicted molar refractivity (Wildman–Crippen MR) is 66.1 cm³/mol. The zero-order valence-corrected chi connectivity index (χ0v) is 9.76. The topological polar surface area (TPSA) is 78.9 Å². The third kappa shape index (κ3) is 1.75. The third-order valence-electron chi connectivity index (χ3n) is 3.96. The van der Waals surface area contributed by atoms with Crippen molar-refractivity contribution in [3.8, 4) is 0 Å². The van der Waals surface area contributed by atoms with Crippen LogP contribution in [0, 0.1) is 17.2 Å². The van der Waals surface area contributed by atoms with Gasteiger partial charge in [-0.05, 0) is 24.7 Å². The lowest BCUT2D eigenvalue weighted by Gasteiger charge is -2.20. The summed E-state index contributed by atoms with van der Waals surface area (Å²) >= 11 is 0. The van der Waals surface area contributed by atoms with Crippen LogP contribution in [-0.2, 0) is 0 Å². The van der Waals surface area contributed by atoms with Gasteiger partial charge in [-0.2, -0.15) is 0 Å². The van der Waals surface area contributed by atoms with E-state index in [1.807, 2.05) is 0 Å². The highest BCUT2D eigenvalue weighted by Gasteiger charge is 2.37. The minimum Gasteiger partial charge on any atom is -0.382 e. The van der Waals surface area contributed by atoms with E-state index >= 15 is 0 Å². The van der Waals surface area contributed by atoms with Crippen LogP contribution < -0.4 is 10.6 Å². The molecule has 2 fully saturated rings. The van der Waals surface area contributed by atoms with E-state index < -0.39 is 0 Å². The highest BCUT2D eigenvalue weighted by atomic mass is 15.2. The zero-order valence-electron chi connectivity index (χ0n) is 9.76. The largest absolute Gasteiger partial charge is 0.382 e. The van der Waals surface area contributed by atoms with Crippen LogP contribution in [0.4, 0.5) is 5.82 Å². The molecule has 2 aliphatic rings. The Hall–Kier alpha value is -1.65. The molecule has 3 rings (SSSR count). The average Bonchev–Trinajstić information content (AvgIpc) is 2.88. The third-order valence-corrected chi connectivity index (χ3v) is 3.96. The Morgan fingerprint density at radius 3 is 2.53 bits per heavy atom. The summed E-state index contributed by atoms with van der Waals surface area (Å²) in [6.07, 6.45) is 7.30. The van der Waals surface area contributed by atoms with Crippen molar-refractivity contribution in [2.75, 3.05) is 18.0 Å². The lowest BCUT2D eigenvalue weighted by atomic mass is 10.0. The fourth-order valence-corrected chi connectivity index (χ4v) is 3.16. The fraction of sp³-hybridized carbons (Fsp3) is 0.583. The Bertz CT molecular complexity index is 432. The van der Waals surface area contributed by atoms with Gasteiger partial charge in [0.05, 0.1) is 0 Å². The van der Waals surface area contributed by atoms with Crippen molar-refractivity contribution < 1.29 is 0 Å². The van der Waals surface area contributed by atoms with Gasteiger partial charge >= 0.3 is 0 Å². The van der Waals surface area contributed by atoms with E-state index in [0.717, 1.165) is 30.7 Å². The van der Waals surface area contributed by atoms with Crippen molar-refractivity contribution in [2.24, 2.45) is 17.6 Å². The summed E-state index contributed by atoms with van der Waals surface area (Å²) < 4.78 is 0. The van der Waals surface area contributed by atoms with Gasteiger partial charge < -0.3 is 10.6 Å². The second-order valence-electron chi connectivity index (χ2n) is 5.00. The molecule has 2 heterocycles. The maximum Gasteiger partial charge on any atom is 0.158 e. The summed E-state index contributed by atoms with van der Waals surface area (Å²) in [6, 6.07) is 0. The highest BCUT2D eigenvalue weighted by molar-refractivity contribution is 5.97. The standard InChI is InChI=1S/C12H17N5/c13-11(14)10-12(16-5-4-15-10)17-6-8-2-1-3-9(8)7-17/h4-5,8-9H,1-3,6-7H2,(H3,13,14). The minimum atomic E-state index is 0.00478. The van der Waals surface area contributed by atoms with Crippen molar-refractivity contribution >= 4 is 11.7 Å². The number of hydrogen-bond donors (Lipinski definition) is 2. The molecule has 1 saturated heterocycles. The molecule has 17 heavy (non-hydrogen) atoms. The molecule has 0 aromatic carbocycles. The first-order chi connectivity index (χ1) is 8.25. The number of anilines is 1. The molecule has 1 aromatic rings. The van der Waals surface area contributed by atoms with Gasteiger partial charge in [-0.15, -0.1) is 0 Å². The molecule has 1 aromatic heterocycles. The number of aromatic nitrogens is 2. The summed E-state index contributed by atoms with van der Waals surface area (Å²) in [5.41, 5.74) is 6.07. The fourth-order valence-electron chi connectivity index (χ4n) is 3.16. The van der Waals surface area contributed by atoms with E-state index in [2.05, 4.69) is 14.9 Å². The van der Waals surface area contributed by atoms with E-state index in [9.17, 15) is 0 Å². The van der Waals surface area contributed by atoms with E-state index in [0.29, 0.717) is 5.69 Å². The zero-order chi connectivity index (χ0) is 11.8. The number of nitrogen functional groups attached to an aromatic ring is 1. The second-order valence-corrected chi connectivity index (χ2v) is 5.00. The van der Waals surface area contributed by atoms with E-state index in [1.54, 1.807) is 12.4 Å². The van der Waals surface area contributed by atoms with Gasteiger partial charge in [0.25, 0.3) is 0 Å². The normalized spacial score (nSPS) is 27.2. The summed E-state index contributed by atoms with van der Waals surface area (Å²) in [5.74, 6) is 2.40. The average molecular weight is 231 g/mol. The first-order valence-corrected chi connectivity index (χ1v) is 6.16. The molecule has 0 amide bonds. The predicted octanol–water partition coefficient (Wildman–Crippen LogP) is 0.997. The Labute approximate surface area is 101 Å². The maximum absolute atomic E-state index is 7.55. The summed E-state index contributed by atoms with van der Waals surface area (Å²) in [4.78, 5) is 10.8. The molecule has 0 spiro atoms. The van der Waals surface area contributed by atoms with Gasteiger partial charge in [0.15, 0.2) is 5.82 Å². The number of nitrogens with zero attached hydrogens (tertiary/aromatic N) is 3. The van der Waals surface area contributed by atoms with Crippen molar-refractivity contribution in [3.63, 3.8) is 0 Å². The van der Waals surface area contributed by atoms with Crippen LogP contribution in [0.15, 0.2) is 12.4 Å². The molecule has 3 N–H and O–H groups in total. The molecule has 1 aliphatic carbocycles. The lowest BCUT2D eigenvalue weighted by molar-refractivity contribution is 0.494. The highest BCUT2D eigenvalue weighted by Crippen LogP contribution is 2.39. The maximum atomic E-state index is 7.55. The first-order valence-electron chi connectivity index (χ1n) is 6.16. The van der Waals surface area contributed by atoms with Crippen molar-refractivity contribution in [1.82, 2.24) is 9.97 Å². The van der Waals surface area contributed by atoms with Crippen LogP contribution in [0.5, 0.6) is 0 Å². The van der Waals surface area contributed by atoms with Gasteiger partial charge in [-0.3, -0.25) is 5.41 Å². The molecule has 2 atom stereocenters. The number of hydrogen-bond acceptors (Lipinski definition) is 4. The number of fused-ring (bicyclic) bond motifs is 1. The van der Waals surface area contributed by atoms with Crippen LogP contribution in [0.2, 0.25) is 0 Å². The molecular formula is C12H17N5. The Morgan fingerprint density at radius 2 is 1.88 bits per heavy atom. The molecule has 1 aliphatic heterocycles. The molecule has 5 nitrogen and oxygen atoms in total. The number of nitrogens with two attached hydrogens (primary N) is 1. The van der Waals surface area contributed by atoms with Gasteiger partial charge in [-0.25, -0.2) is 9.97 Å². The van der Waals surface area contributed by atoms with Crippen LogP contribution >= 0.6 is 0 Å². The van der Waals surface area contributed by atoms with Gasteiger partial charge in [-0.1, -0.05) is 6.42 Å². The summed E-state index contributed by atoms with van der Waals surface area (Å²) in [5, 5.41) is 7.55. The van der Waals surface area contributed by atoms with E-state index in [-0.39, 0.29) is 5.84 Å². The monoisotopic (exact) mass is 231 g/mol. The van der Waals surface area contributed by atoms with Crippen LogP contribution in [0.1, 0.15) is 25.0 Å². The van der Waals surface area contributed by atoms with E-state index in [4.69, 9.17) is 11.1 Å². The van der Waals surface area contributed by atoms with Gasteiger partial charge in [0.2, 0.25) is 0 Å². The summed E-state index contributed by atoms with van der Waals surface area (Å²) in [7, 11) is 0. The molecular weight excluding hydrogens is 214 g/mol. The van der Waals surface area contributed by atoms with Crippen molar-refractivity contribution in [2.45, 2.75) is 19.3 Å². The molecule has 5 heteroatoms. The van der Waals surface area contributed by atoms with Crippen LogP contribution in [0.25, 0.3) is 0 Å². The second kappa shape index (κ2) is 3.98. The minimum absolute atomic E-state index is 0.00478. The van der Waals surface area contributed by atoms with Crippen molar-refractivity contribution in [3.05, 3.63) is 18.1 Å². The SMILES string of the molecule is N=C(N)c1nccnc1N1CC2CCCC2C1. The smallest absolute Gasteiger partial charge is 0.158 e. The quantitative estimate of drug-likeness (QED) is 0.588.